The fourth-order valence-corrected chi connectivity index (χ4v) is 3.99. The summed E-state index contributed by atoms with van der Waals surface area (Å²) in [5.74, 6) is 1.36. The third-order valence-corrected chi connectivity index (χ3v) is 6.11. The Balaban J connectivity index is 1.43. The van der Waals surface area contributed by atoms with E-state index in [9.17, 15) is 13.2 Å². The van der Waals surface area contributed by atoms with E-state index < -0.39 is 10.0 Å². The van der Waals surface area contributed by atoms with Gasteiger partial charge in [-0.3, -0.25) is 0 Å². The Labute approximate surface area is 181 Å². The van der Waals surface area contributed by atoms with Crippen molar-refractivity contribution in [3.05, 3.63) is 66.2 Å². The van der Waals surface area contributed by atoms with E-state index in [4.69, 9.17) is 9.47 Å². The predicted octanol–water partition coefficient (Wildman–Crippen LogP) is 2.63. The molecule has 8 nitrogen and oxygen atoms in total. The maximum Gasteiger partial charge on any atom is 0.315 e. The molecule has 9 heteroatoms. The molecule has 31 heavy (non-hydrogen) atoms. The first-order valence-corrected chi connectivity index (χ1v) is 11.1. The summed E-state index contributed by atoms with van der Waals surface area (Å²) in [5, 5.41) is 7.50. The lowest BCUT2D eigenvalue weighted by molar-refractivity contribution is 0.240. The number of methoxy groups -OCH3 is 2. The Morgan fingerprint density at radius 2 is 1.45 bits per heavy atom. The van der Waals surface area contributed by atoms with Gasteiger partial charge in [0, 0.05) is 19.6 Å². The fourth-order valence-electron chi connectivity index (χ4n) is 2.95. The molecule has 0 fully saturated rings. The van der Waals surface area contributed by atoms with E-state index in [0.29, 0.717) is 12.3 Å². The van der Waals surface area contributed by atoms with Crippen LogP contribution in [0.3, 0.4) is 0 Å². The average Bonchev–Trinajstić information content (AvgIpc) is 2.80. The van der Waals surface area contributed by atoms with E-state index in [2.05, 4.69) is 15.4 Å². The molecule has 0 saturated carbocycles. The SMILES string of the molecule is COc1ccc(S(=O)(=O)NCCNC(=O)NCc2ccc3cc(OC)ccc3c2)cc1. The Morgan fingerprint density at radius 1 is 0.806 bits per heavy atom. The number of benzene rings is 3. The molecule has 3 N–H and O–H groups in total. The van der Waals surface area contributed by atoms with Gasteiger partial charge in [0.05, 0.1) is 19.1 Å². The molecule has 164 valence electrons. The van der Waals surface area contributed by atoms with E-state index >= 15 is 0 Å². The van der Waals surface area contributed by atoms with Crippen molar-refractivity contribution in [1.82, 2.24) is 15.4 Å². The third-order valence-electron chi connectivity index (χ3n) is 4.64. The molecule has 0 aliphatic rings. The summed E-state index contributed by atoms with van der Waals surface area (Å²) in [7, 11) is -0.514. The summed E-state index contributed by atoms with van der Waals surface area (Å²) in [4.78, 5) is 12.1. The lowest BCUT2D eigenvalue weighted by Crippen LogP contribution is -2.40. The standard InChI is InChI=1S/C22H25N3O5S/c1-29-19-7-9-21(10-8-19)31(27,28)25-12-11-23-22(26)24-15-16-3-4-18-14-20(30-2)6-5-17(18)13-16/h3-10,13-14,25H,11-12,15H2,1-2H3,(H2,23,24,26). The largest absolute Gasteiger partial charge is 0.497 e. The normalized spacial score (nSPS) is 11.2. The second kappa shape index (κ2) is 10.1. The van der Waals surface area contributed by atoms with E-state index in [1.54, 1.807) is 19.2 Å². The van der Waals surface area contributed by atoms with Gasteiger partial charge >= 0.3 is 6.03 Å². The first-order valence-electron chi connectivity index (χ1n) is 9.63. The van der Waals surface area contributed by atoms with Crippen LogP contribution in [-0.2, 0) is 16.6 Å². The minimum absolute atomic E-state index is 0.0690. The number of fused-ring (bicyclic) bond motifs is 1. The second-order valence-corrected chi connectivity index (χ2v) is 8.50. The molecule has 3 aromatic carbocycles. The number of urea groups is 1. The fraction of sp³-hybridized carbons (Fsp3) is 0.227. The van der Waals surface area contributed by atoms with Gasteiger partial charge in [0.1, 0.15) is 11.5 Å². The Kier molecular flexibility index (Phi) is 7.32. The number of ether oxygens (including phenoxy) is 2. The molecule has 0 aliphatic heterocycles. The van der Waals surface area contributed by atoms with Crippen LogP contribution in [0, 0.1) is 0 Å². The quantitative estimate of drug-likeness (QED) is 0.441. The lowest BCUT2D eigenvalue weighted by Gasteiger charge is -2.10. The molecule has 0 aromatic heterocycles. The van der Waals surface area contributed by atoms with Crippen molar-refractivity contribution in [2.24, 2.45) is 0 Å². The highest BCUT2D eigenvalue weighted by molar-refractivity contribution is 7.89. The molecule has 0 aliphatic carbocycles. The van der Waals surface area contributed by atoms with Crippen LogP contribution in [0.25, 0.3) is 10.8 Å². The molecule has 0 saturated heterocycles. The molecule has 2 amide bonds. The van der Waals surface area contributed by atoms with Crippen molar-refractivity contribution in [3.8, 4) is 11.5 Å². The number of carbonyl (C=O) groups is 1. The summed E-state index contributed by atoms with van der Waals surface area (Å²) in [5.41, 5.74) is 0.952. The minimum atomic E-state index is -3.65. The predicted molar refractivity (Wildman–Crippen MR) is 119 cm³/mol. The number of sulfonamides is 1. The van der Waals surface area contributed by atoms with Crippen LogP contribution >= 0.6 is 0 Å². The molecular formula is C22H25N3O5S. The van der Waals surface area contributed by atoms with Crippen molar-refractivity contribution in [2.45, 2.75) is 11.4 Å². The van der Waals surface area contributed by atoms with Gasteiger partial charge in [0.25, 0.3) is 0 Å². The van der Waals surface area contributed by atoms with Crippen molar-refractivity contribution >= 4 is 26.8 Å². The van der Waals surface area contributed by atoms with Crippen molar-refractivity contribution in [2.75, 3.05) is 27.3 Å². The van der Waals surface area contributed by atoms with Crippen LogP contribution in [-0.4, -0.2) is 41.8 Å². The number of hydrogen-bond donors (Lipinski definition) is 3. The Bertz CT molecular complexity index is 1150. The number of hydrogen-bond acceptors (Lipinski definition) is 5. The highest BCUT2D eigenvalue weighted by atomic mass is 32.2. The molecule has 3 aromatic rings. The van der Waals surface area contributed by atoms with Gasteiger partial charge in [-0.05, 0) is 58.8 Å². The molecule has 0 bridgehead atoms. The monoisotopic (exact) mass is 443 g/mol. The lowest BCUT2D eigenvalue weighted by atomic mass is 10.1. The first kappa shape index (κ1) is 22.4. The zero-order valence-corrected chi connectivity index (χ0v) is 18.2. The third kappa shape index (κ3) is 6.09. The van der Waals surface area contributed by atoms with E-state index in [1.165, 1.54) is 19.2 Å². The first-order chi connectivity index (χ1) is 14.9. The van der Waals surface area contributed by atoms with Crippen LogP contribution in [0.15, 0.2) is 65.6 Å². The summed E-state index contributed by atoms with van der Waals surface area (Å²) in [6, 6.07) is 17.4. The van der Waals surface area contributed by atoms with Gasteiger partial charge < -0.3 is 20.1 Å². The van der Waals surface area contributed by atoms with E-state index in [-0.39, 0.29) is 24.0 Å². The van der Waals surface area contributed by atoms with Gasteiger partial charge in [0.15, 0.2) is 0 Å². The second-order valence-electron chi connectivity index (χ2n) is 6.73. The number of nitrogens with one attached hydrogen (secondary N) is 3. The van der Waals surface area contributed by atoms with E-state index in [0.717, 1.165) is 22.1 Å². The van der Waals surface area contributed by atoms with Gasteiger partial charge in [0.2, 0.25) is 10.0 Å². The number of amides is 2. The van der Waals surface area contributed by atoms with Gasteiger partial charge in [-0.25, -0.2) is 17.9 Å². The summed E-state index contributed by atoms with van der Waals surface area (Å²) < 4.78 is 37.2. The zero-order valence-electron chi connectivity index (χ0n) is 17.3. The smallest absolute Gasteiger partial charge is 0.315 e. The summed E-state index contributed by atoms with van der Waals surface area (Å²) in [6.45, 7) is 0.573. The molecule has 0 heterocycles. The van der Waals surface area contributed by atoms with Crippen molar-refractivity contribution in [3.63, 3.8) is 0 Å². The van der Waals surface area contributed by atoms with Crippen LogP contribution < -0.4 is 24.8 Å². The zero-order chi connectivity index (χ0) is 22.3. The molecule has 0 unspecified atom stereocenters. The highest BCUT2D eigenvalue weighted by Gasteiger charge is 2.13. The summed E-state index contributed by atoms with van der Waals surface area (Å²) >= 11 is 0. The van der Waals surface area contributed by atoms with E-state index in [1.807, 2.05) is 36.4 Å². The van der Waals surface area contributed by atoms with Crippen LogP contribution in [0.1, 0.15) is 5.56 Å². The Hall–Kier alpha value is -3.30. The van der Waals surface area contributed by atoms with Crippen LogP contribution in [0.5, 0.6) is 11.5 Å². The number of carbonyl (C=O) groups excluding carboxylic acids is 1. The minimum Gasteiger partial charge on any atom is -0.497 e. The maximum absolute atomic E-state index is 12.2. The van der Waals surface area contributed by atoms with Crippen LogP contribution in [0.2, 0.25) is 0 Å². The average molecular weight is 444 g/mol. The molecule has 3 rings (SSSR count). The van der Waals surface area contributed by atoms with Gasteiger partial charge in [-0.1, -0.05) is 18.2 Å². The Morgan fingerprint density at radius 3 is 2.16 bits per heavy atom. The van der Waals surface area contributed by atoms with Crippen LogP contribution in [0.4, 0.5) is 4.79 Å². The van der Waals surface area contributed by atoms with Gasteiger partial charge in [-0.15, -0.1) is 0 Å². The van der Waals surface area contributed by atoms with Crippen molar-refractivity contribution in [1.29, 1.82) is 0 Å². The maximum atomic E-state index is 12.2. The van der Waals surface area contributed by atoms with Gasteiger partial charge in [-0.2, -0.15) is 0 Å². The van der Waals surface area contributed by atoms with Crippen molar-refractivity contribution < 1.29 is 22.7 Å². The number of rotatable bonds is 9. The molecule has 0 spiro atoms. The topological polar surface area (TPSA) is 106 Å². The molecule has 0 atom stereocenters. The molecular weight excluding hydrogens is 418 g/mol. The highest BCUT2D eigenvalue weighted by Crippen LogP contribution is 2.21. The summed E-state index contributed by atoms with van der Waals surface area (Å²) in [6.07, 6.45) is 0. The molecule has 0 radical (unpaired) electrons.